The maximum atomic E-state index is 12.1. The Hall–Kier alpha value is -1.40. The lowest BCUT2D eigenvalue weighted by molar-refractivity contribution is -0.141. The van der Waals surface area contributed by atoms with Gasteiger partial charge in [0, 0.05) is 11.6 Å². The molecule has 116 valence electrons. The number of nitrogens with one attached hydrogen (secondary N) is 1. The standard InChI is InChI=1S/C15H20BrNO4/c1-4-13(20-2)15(19)17-12(9-14(18)21-3)10-5-7-11(16)8-6-10/h5-8,12-13H,4,9H2,1-3H3,(H,17,19). The Bertz CT molecular complexity index is 471. The van der Waals surface area contributed by atoms with Gasteiger partial charge in [0.1, 0.15) is 6.10 Å². The molecule has 21 heavy (non-hydrogen) atoms. The molecule has 0 heterocycles. The first-order valence-electron chi connectivity index (χ1n) is 6.67. The van der Waals surface area contributed by atoms with Crippen LogP contribution in [0, 0.1) is 0 Å². The molecule has 5 nitrogen and oxygen atoms in total. The number of amides is 1. The Balaban J connectivity index is 2.89. The SMILES string of the molecule is CCC(OC)C(=O)NC(CC(=O)OC)c1ccc(Br)cc1. The molecule has 1 rings (SSSR count). The van der Waals surface area contributed by atoms with Gasteiger partial charge in [-0.2, -0.15) is 0 Å². The van der Waals surface area contributed by atoms with Crippen LogP contribution >= 0.6 is 15.9 Å². The summed E-state index contributed by atoms with van der Waals surface area (Å²) in [4.78, 5) is 23.7. The summed E-state index contributed by atoms with van der Waals surface area (Å²) >= 11 is 3.36. The molecule has 0 spiro atoms. The molecule has 1 aromatic rings. The summed E-state index contributed by atoms with van der Waals surface area (Å²) in [6.07, 6.45) is 0.109. The number of halogens is 1. The summed E-state index contributed by atoms with van der Waals surface area (Å²) < 4.78 is 10.7. The number of ether oxygens (including phenoxy) is 2. The Morgan fingerprint density at radius 3 is 2.33 bits per heavy atom. The molecular formula is C15H20BrNO4. The first kappa shape index (κ1) is 17.7. The first-order chi connectivity index (χ1) is 10.0. The maximum Gasteiger partial charge on any atom is 0.307 e. The molecule has 0 fully saturated rings. The molecule has 2 unspecified atom stereocenters. The third kappa shape index (κ3) is 5.47. The predicted octanol–water partition coefficient (Wildman–Crippen LogP) is 2.59. The van der Waals surface area contributed by atoms with Crippen LogP contribution in [-0.2, 0) is 19.1 Å². The number of hydrogen-bond acceptors (Lipinski definition) is 4. The number of rotatable bonds is 7. The quantitative estimate of drug-likeness (QED) is 0.761. The van der Waals surface area contributed by atoms with E-state index in [1.54, 1.807) is 0 Å². The number of carbonyl (C=O) groups excluding carboxylic acids is 2. The highest BCUT2D eigenvalue weighted by molar-refractivity contribution is 9.10. The van der Waals surface area contributed by atoms with Gasteiger partial charge < -0.3 is 14.8 Å². The van der Waals surface area contributed by atoms with Crippen molar-refractivity contribution in [3.63, 3.8) is 0 Å². The van der Waals surface area contributed by atoms with E-state index in [1.807, 2.05) is 31.2 Å². The van der Waals surface area contributed by atoms with Gasteiger partial charge in [-0.25, -0.2) is 0 Å². The number of carbonyl (C=O) groups is 2. The van der Waals surface area contributed by atoms with E-state index in [0.717, 1.165) is 10.0 Å². The largest absolute Gasteiger partial charge is 0.469 e. The molecule has 0 aliphatic heterocycles. The van der Waals surface area contributed by atoms with Gasteiger partial charge in [-0.3, -0.25) is 9.59 Å². The molecule has 0 saturated carbocycles. The van der Waals surface area contributed by atoms with Crippen molar-refractivity contribution in [3.05, 3.63) is 34.3 Å². The van der Waals surface area contributed by atoms with Crippen LogP contribution in [0.15, 0.2) is 28.7 Å². The van der Waals surface area contributed by atoms with Crippen molar-refractivity contribution < 1.29 is 19.1 Å². The minimum atomic E-state index is -0.527. The van der Waals surface area contributed by atoms with Crippen molar-refractivity contribution in [2.45, 2.75) is 31.9 Å². The van der Waals surface area contributed by atoms with Gasteiger partial charge >= 0.3 is 5.97 Å². The molecule has 0 radical (unpaired) electrons. The van der Waals surface area contributed by atoms with Crippen molar-refractivity contribution in [1.82, 2.24) is 5.32 Å². The summed E-state index contributed by atoms with van der Waals surface area (Å²) in [7, 11) is 2.81. The lowest BCUT2D eigenvalue weighted by Crippen LogP contribution is -2.38. The van der Waals surface area contributed by atoms with E-state index >= 15 is 0 Å². The summed E-state index contributed by atoms with van der Waals surface area (Å²) in [5.74, 6) is -0.620. The molecule has 1 amide bonds. The van der Waals surface area contributed by atoms with Crippen LogP contribution in [0.4, 0.5) is 0 Å². The lowest BCUT2D eigenvalue weighted by atomic mass is 10.0. The van der Waals surface area contributed by atoms with Crippen molar-refractivity contribution in [3.8, 4) is 0 Å². The number of hydrogen-bond donors (Lipinski definition) is 1. The molecule has 0 aromatic heterocycles. The maximum absolute atomic E-state index is 12.1. The van der Waals surface area contributed by atoms with Crippen LogP contribution in [-0.4, -0.2) is 32.2 Å². The van der Waals surface area contributed by atoms with Crippen LogP contribution in [0.3, 0.4) is 0 Å². The van der Waals surface area contributed by atoms with Crippen molar-refractivity contribution in [2.24, 2.45) is 0 Å². The second-order valence-electron chi connectivity index (χ2n) is 4.53. The molecule has 0 saturated heterocycles. The predicted molar refractivity (Wildman–Crippen MR) is 82.7 cm³/mol. The van der Waals surface area contributed by atoms with E-state index in [-0.39, 0.29) is 18.3 Å². The topological polar surface area (TPSA) is 64.6 Å². The van der Waals surface area contributed by atoms with Gasteiger partial charge in [0.25, 0.3) is 0 Å². The highest BCUT2D eigenvalue weighted by Gasteiger charge is 2.23. The van der Waals surface area contributed by atoms with E-state index in [9.17, 15) is 9.59 Å². The van der Waals surface area contributed by atoms with Crippen LogP contribution in [0.1, 0.15) is 31.4 Å². The zero-order valence-corrected chi connectivity index (χ0v) is 14.0. The molecule has 0 aliphatic carbocycles. The fourth-order valence-electron chi connectivity index (χ4n) is 1.92. The average molecular weight is 358 g/mol. The van der Waals surface area contributed by atoms with Crippen molar-refractivity contribution in [1.29, 1.82) is 0 Å². The van der Waals surface area contributed by atoms with Crippen LogP contribution < -0.4 is 5.32 Å². The highest BCUT2D eigenvalue weighted by Crippen LogP contribution is 2.20. The Labute approximate surface area is 133 Å². The van der Waals surface area contributed by atoms with Crippen molar-refractivity contribution in [2.75, 3.05) is 14.2 Å². The van der Waals surface area contributed by atoms with Gasteiger partial charge in [-0.1, -0.05) is 35.0 Å². The fraction of sp³-hybridized carbons (Fsp3) is 0.467. The highest BCUT2D eigenvalue weighted by atomic mass is 79.9. The average Bonchev–Trinajstić information content (AvgIpc) is 2.48. The van der Waals surface area contributed by atoms with Gasteiger partial charge in [0.2, 0.25) is 5.91 Å². The third-order valence-electron chi connectivity index (χ3n) is 3.14. The molecule has 0 aliphatic rings. The van der Waals surface area contributed by atoms with E-state index < -0.39 is 12.1 Å². The fourth-order valence-corrected chi connectivity index (χ4v) is 2.19. The second-order valence-corrected chi connectivity index (χ2v) is 5.44. The normalized spacial score (nSPS) is 13.3. The van der Waals surface area contributed by atoms with E-state index in [0.29, 0.717) is 6.42 Å². The molecular weight excluding hydrogens is 338 g/mol. The minimum Gasteiger partial charge on any atom is -0.469 e. The molecule has 1 N–H and O–H groups in total. The molecule has 2 atom stereocenters. The molecule has 6 heteroatoms. The van der Waals surface area contributed by atoms with Gasteiger partial charge in [0.15, 0.2) is 0 Å². The number of methoxy groups -OCH3 is 2. The van der Waals surface area contributed by atoms with Gasteiger partial charge in [-0.15, -0.1) is 0 Å². The Morgan fingerprint density at radius 2 is 1.86 bits per heavy atom. The van der Waals surface area contributed by atoms with Crippen LogP contribution in [0.5, 0.6) is 0 Å². The minimum absolute atomic E-state index is 0.0734. The van der Waals surface area contributed by atoms with E-state index in [1.165, 1.54) is 14.2 Å². The number of esters is 1. The summed E-state index contributed by atoms with van der Waals surface area (Å²) in [6, 6.07) is 6.98. The van der Waals surface area contributed by atoms with Gasteiger partial charge in [-0.05, 0) is 24.1 Å². The Morgan fingerprint density at radius 1 is 1.24 bits per heavy atom. The summed E-state index contributed by atoms with van der Waals surface area (Å²) in [5, 5.41) is 2.84. The molecule has 0 bridgehead atoms. The zero-order chi connectivity index (χ0) is 15.8. The van der Waals surface area contributed by atoms with Crippen LogP contribution in [0.2, 0.25) is 0 Å². The first-order valence-corrected chi connectivity index (χ1v) is 7.46. The van der Waals surface area contributed by atoms with E-state index in [4.69, 9.17) is 4.74 Å². The monoisotopic (exact) mass is 357 g/mol. The summed E-state index contributed by atoms with van der Waals surface area (Å²) in [5.41, 5.74) is 0.836. The second kappa shape index (κ2) is 8.79. The van der Waals surface area contributed by atoms with Crippen LogP contribution in [0.25, 0.3) is 0 Å². The lowest BCUT2D eigenvalue weighted by Gasteiger charge is -2.21. The summed E-state index contributed by atoms with van der Waals surface area (Å²) in [6.45, 7) is 1.86. The molecule has 1 aromatic carbocycles. The van der Waals surface area contributed by atoms with Gasteiger partial charge in [0.05, 0.1) is 19.6 Å². The Kier molecular flexibility index (Phi) is 7.39. The number of benzene rings is 1. The third-order valence-corrected chi connectivity index (χ3v) is 3.66. The zero-order valence-electron chi connectivity index (χ0n) is 12.4. The smallest absolute Gasteiger partial charge is 0.307 e. The van der Waals surface area contributed by atoms with Crippen molar-refractivity contribution >= 4 is 27.8 Å². The van der Waals surface area contributed by atoms with E-state index in [2.05, 4.69) is 26.0 Å².